The fraction of sp³-hybridized carbons (Fsp3) is 0.278. The molecule has 11 nitrogen and oxygen atoms in total. The molecular formula is C18H19N3O8P+. The van der Waals surface area contributed by atoms with Crippen molar-refractivity contribution in [2.24, 2.45) is 0 Å². The Hall–Kier alpha value is -2.68. The lowest BCUT2D eigenvalue weighted by atomic mass is 10.1. The predicted molar refractivity (Wildman–Crippen MR) is 99.7 cm³/mol. The van der Waals surface area contributed by atoms with Crippen LogP contribution in [0.3, 0.4) is 0 Å². The number of pyridine rings is 1. The summed E-state index contributed by atoms with van der Waals surface area (Å²) in [5, 5.41) is 31.8. The van der Waals surface area contributed by atoms with E-state index in [0.717, 1.165) is 0 Å². The van der Waals surface area contributed by atoms with Gasteiger partial charge in [0.1, 0.15) is 17.8 Å². The van der Waals surface area contributed by atoms with Crippen molar-refractivity contribution in [2.75, 3.05) is 11.9 Å². The molecule has 1 aromatic carbocycles. The molecule has 0 unspecified atom stereocenters. The Morgan fingerprint density at radius 3 is 2.57 bits per heavy atom. The van der Waals surface area contributed by atoms with Crippen molar-refractivity contribution in [1.82, 2.24) is 0 Å². The molecule has 4 atom stereocenters. The summed E-state index contributed by atoms with van der Waals surface area (Å²) in [5.41, 5.74) is 1.16. The second kappa shape index (κ2) is 8.99. The highest BCUT2D eigenvalue weighted by Crippen LogP contribution is 2.37. The predicted octanol–water partition coefficient (Wildman–Crippen LogP) is -0.173. The van der Waals surface area contributed by atoms with Gasteiger partial charge in [0.25, 0.3) is 12.1 Å². The van der Waals surface area contributed by atoms with Crippen LogP contribution in [0, 0.1) is 11.3 Å². The van der Waals surface area contributed by atoms with Crippen LogP contribution in [0.25, 0.3) is 0 Å². The van der Waals surface area contributed by atoms with Gasteiger partial charge in [0.2, 0.25) is 0 Å². The Bertz CT molecular complexity index is 1000. The van der Waals surface area contributed by atoms with Crippen LogP contribution in [0.4, 0.5) is 5.69 Å². The van der Waals surface area contributed by atoms with Crippen LogP contribution in [0.2, 0.25) is 0 Å². The largest absolute Gasteiger partial charge is 0.469 e. The molecule has 3 rings (SSSR count). The number of aliphatic hydroxyl groups is 2. The van der Waals surface area contributed by atoms with Crippen molar-refractivity contribution in [3.05, 3.63) is 59.9 Å². The number of rotatable bonds is 6. The van der Waals surface area contributed by atoms with Gasteiger partial charge in [-0.25, -0.2) is 4.57 Å². The average Bonchev–Trinajstić information content (AvgIpc) is 3.01. The van der Waals surface area contributed by atoms with E-state index < -0.39 is 44.9 Å². The van der Waals surface area contributed by atoms with Crippen LogP contribution in [0.1, 0.15) is 22.1 Å². The molecule has 12 heteroatoms. The Morgan fingerprint density at radius 2 is 1.93 bits per heavy atom. The lowest BCUT2D eigenvalue weighted by molar-refractivity contribution is -0.765. The Labute approximate surface area is 171 Å². The maximum absolute atomic E-state index is 12.5. The van der Waals surface area contributed by atoms with E-state index in [9.17, 15) is 19.6 Å². The van der Waals surface area contributed by atoms with Crippen molar-refractivity contribution in [3.63, 3.8) is 0 Å². The van der Waals surface area contributed by atoms with Crippen LogP contribution in [-0.4, -0.2) is 50.8 Å². The summed E-state index contributed by atoms with van der Waals surface area (Å²) in [6.07, 6.45) is -2.26. The molecule has 0 aliphatic carbocycles. The minimum absolute atomic E-state index is 0.224. The van der Waals surface area contributed by atoms with Gasteiger partial charge >= 0.3 is 7.82 Å². The summed E-state index contributed by atoms with van der Waals surface area (Å²) in [6, 6.07) is 11.3. The highest BCUT2D eigenvalue weighted by atomic mass is 31.2. The zero-order chi connectivity index (χ0) is 21.9. The molecule has 30 heavy (non-hydrogen) atoms. The molecule has 5 N–H and O–H groups in total. The van der Waals surface area contributed by atoms with Gasteiger partial charge in [-0.1, -0.05) is 0 Å². The van der Waals surface area contributed by atoms with E-state index in [1.807, 2.05) is 6.07 Å². The molecule has 1 saturated heterocycles. The van der Waals surface area contributed by atoms with Gasteiger partial charge in [0.15, 0.2) is 18.5 Å². The molecule has 1 aliphatic rings. The molecule has 0 radical (unpaired) electrons. The molecule has 1 aromatic heterocycles. The molecule has 1 aliphatic heterocycles. The third-order valence-corrected chi connectivity index (χ3v) is 4.88. The standard InChI is InChI=1S/C18H18N3O8P/c19-8-11-3-5-13(6-4-11)20-17(24)12-2-1-7-21(9-12)18-16(23)15(22)14(29-18)10-28-30(25,26)27/h1-7,9,14-16,18,22-23H,10H2,(H2-,20,24,25,26,27)/p+1/t14-,15-,16-,18-/m1/s1. The van der Waals surface area contributed by atoms with Crippen LogP contribution in [0.15, 0.2) is 48.8 Å². The van der Waals surface area contributed by atoms with E-state index in [0.29, 0.717) is 11.3 Å². The minimum atomic E-state index is -4.77. The molecule has 1 fully saturated rings. The summed E-state index contributed by atoms with van der Waals surface area (Å²) in [7, 11) is -4.77. The SMILES string of the molecule is N#Cc1ccc(NC(=O)c2ccc[n+]([C@@H]3O[C@H](COP(=O)(O)O)[C@@H](O)[C@H]3O)c2)cc1. The van der Waals surface area contributed by atoms with Gasteiger partial charge in [-0.05, 0) is 30.3 Å². The zero-order valence-electron chi connectivity index (χ0n) is 15.4. The maximum atomic E-state index is 12.5. The number of aliphatic hydroxyl groups excluding tert-OH is 2. The number of anilines is 1. The third-order valence-electron chi connectivity index (χ3n) is 4.39. The second-order valence-electron chi connectivity index (χ2n) is 6.52. The number of carbonyl (C=O) groups excluding carboxylic acids is 1. The summed E-state index contributed by atoms with van der Waals surface area (Å²) in [6.45, 7) is -0.627. The van der Waals surface area contributed by atoms with E-state index >= 15 is 0 Å². The van der Waals surface area contributed by atoms with Crippen LogP contribution in [-0.2, 0) is 13.8 Å². The molecule has 0 saturated carbocycles. The van der Waals surface area contributed by atoms with E-state index in [2.05, 4.69) is 9.84 Å². The number of hydrogen-bond acceptors (Lipinski definition) is 7. The number of benzene rings is 1. The number of carbonyl (C=O) groups is 1. The van der Waals surface area contributed by atoms with Crippen molar-refractivity contribution in [1.29, 1.82) is 5.26 Å². The highest BCUT2D eigenvalue weighted by molar-refractivity contribution is 7.46. The summed E-state index contributed by atoms with van der Waals surface area (Å²) < 4.78 is 22.0. The van der Waals surface area contributed by atoms with Gasteiger partial charge in [-0.3, -0.25) is 9.32 Å². The van der Waals surface area contributed by atoms with Crippen LogP contribution < -0.4 is 9.88 Å². The zero-order valence-corrected chi connectivity index (χ0v) is 16.3. The first-order chi connectivity index (χ1) is 14.2. The van der Waals surface area contributed by atoms with Gasteiger partial charge in [-0.15, -0.1) is 0 Å². The number of phosphoric ester groups is 1. The Morgan fingerprint density at radius 1 is 1.23 bits per heavy atom. The number of nitrogens with zero attached hydrogens (tertiary/aromatic N) is 2. The smallest absolute Gasteiger partial charge is 0.387 e. The van der Waals surface area contributed by atoms with Crippen molar-refractivity contribution in [3.8, 4) is 6.07 Å². The first kappa shape index (κ1) is 22.0. The van der Waals surface area contributed by atoms with Crippen molar-refractivity contribution >= 4 is 19.4 Å². The molecule has 2 aromatic rings. The monoisotopic (exact) mass is 436 g/mol. The highest BCUT2D eigenvalue weighted by Gasteiger charge is 2.49. The third kappa shape index (κ3) is 5.27. The van der Waals surface area contributed by atoms with E-state index in [1.54, 1.807) is 24.3 Å². The quantitative estimate of drug-likeness (QED) is 0.304. The summed E-state index contributed by atoms with van der Waals surface area (Å²) in [5.74, 6) is -0.455. The molecule has 0 bridgehead atoms. The van der Waals surface area contributed by atoms with Crippen molar-refractivity contribution < 1.29 is 43.2 Å². The summed E-state index contributed by atoms with van der Waals surface area (Å²) >= 11 is 0. The molecular weight excluding hydrogens is 417 g/mol. The van der Waals surface area contributed by atoms with Gasteiger partial charge in [0, 0.05) is 11.8 Å². The number of aromatic nitrogens is 1. The van der Waals surface area contributed by atoms with Crippen LogP contribution in [0.5, 0.6) is 0 Å². The van der Waals surface area contributed by atoms with Gasteiger partial charge in [-0.2, -0.15) is 9.83 Å². The second-order valence-corrected chi connectivity index (χ2v) is 7.76. The van der Waals surface area contributed by atoms with E-state index in [1.165, 1.54) is 29.1 Å². The molecule has 0 spiro atoms. The number of amides is 1. The Balaban J connectivity index is 1.71. The normalized spacial score (nSPS) is 23.7. The average molecular weight is 436 g/mol. The van der Waals surface area contributed by atoms with Crippen molar-refractivity contribution in [2.45, 2.75) is 24.5 Å². The summed E-state index contributed by atoms with van der Waals surface area (Å²) in [4.78, 5) is 30.1. The lowest BCUT2D eigenvalue weighted by Crippen LogP contribution is -2.46. The number of nitrogens with one attached hydrogen (secondary N) is 1. The molecule has 2 heterocycles. The fourth-order valence-corrected chi connectivity index (χ4v) is 3.24. The van der Waals surface area contributed by atoms with E-state index in [4.69, 9.17) is 19.8 Å². The van der Waals surface area contributed by atoms with Gasteiger partial charge < -0.3 is 30.1 Å². The Kier molecular flexibility index (Phi) is 6.60. The number of nitriles is 1. The van der Waals surface area contributed by atoms with Gasteiger partial charge in [0.05, 0.1) is 18.2 Å². The maximum Gasteiger partial charge on any atom is 0.469 e. The van der Waals surface area contributed by atoms with E-state index in [-0.39, 0.29) is 5.56 Å². The number of hydrogen-bond donors (Lipinski definition) is 5. The molecule has 1 amide bonds. The fourth-order valence-electron chi connectivity index (χ4n) is 2.90. The minimum Gasteiger partial charge on any atom is -0.387 e. The first-order valence-corrected chi connectivity index (χ1v) is 10.2. The first-order valence-electron chi connectivity index (χ1n) is 8.72. The lowest BCUT2D eigenvalue weighted by Gasteiger charge is -2.13. The molecule has 158 valence electrons. The topological polar surface area (TPSA) is 173 Å². The van der Waals surface area contributed by atoms with Crippen LogP contribution >= 0.6 is 7.82 Å². The number of ether oxygens (including phenoxy) is 1. The number of phosphoric acid groups is 1.